The van der Waals surface area contributed by atoms with E-state index in [2.05, 4.69) is 116 Å². The van der Waals surface area contributed by atoms with Crippen LogP contribution in [-0.4, -0.2) is 73.4 Å². The number of likely N-dealkylation sites (N-methyl/N-ethyl adjacent to an activating group) is 1. The number of carbonyl (C=O) groups is 1. The van der Waals surface area contributed by atoms with Gasteiger partial charge in [0.1, 0.15) is 13.2 Å². The summed E-state index contributed by atoms with van der Waals surface area (Å²) in [4.78, 5) is 23.2. The van der Waals surface area contributed by atoms with E-state index in [1.54, 1.807) is 0 Å². The Bertz CT molecular complexity index is 1390. The summed E-state index contributed by atoms with van der Waals surface area (Å²) < 4.78 is 23.7. The minimum atomic E-state index is -4.32. The van der Waals surface area contributed by atoms with Gasteiger partial charge in [-0.15, -0.1) is 0 Å². The molecular weight excluding hydrogens is 840 g/mol. The molecule has 0 bridgehead atoms. The molecule has 8 nitrogen and oxygen atoms in total. The molecule has 0 aromatic carbocycles. The summed E-state index contributed by atoms with van der Waals surface area (Å²) in [5, 5.41) is 14.0. The molecule has 0 aliphatic heterocycles. The van der Waals surface area contributed by atoms with Crippen LogP contribution in [0, 0.1) is 0 Å². The van der Waals surface area contributed by atoms with Gasteiger partial charge in [-0.1, -0.05) is 220 Å². The smallest absolute Gasteiger partial charge is 0.391 e. The van der Waals surface area contributed by atoms with E-state index in [0.29, 0.717) is 23.9 Å². The number of hydrogen-bond donors (Lipinski definition) is 3. The fourth-order valence-corrected chi connectivity index (χ4v) is 7.91. The van der Waals surface area contributed by atoms with Crippen molar-refractivity contribution in [2.45, 2.75) is 219 Å². The molecule has 9 heteroatoms. The first kappa shape index (κ1) is 63.4. The lowest BCUT2D eigenvalue weighted by Crippen LogP contribution is -2.46. The quantitative estimate of drug-likeness (QED) is 0.0243. The monoisotopic (exact) mass is 942 g/mol. The molecule has 3 atom stereocenters. The van der Waals surface area contributed by atoms with Crippen molar-refractivity contribution in [1.82, 2.24) is 5.32 Å². The van der Waals surface area contributed by atoms with Gasteiger partial charge < -0.3 is 19.8 Å². The highest BCUT2D eigenvalue weighted by Crippen LogP contribution is 2.43. The van der Waals surface area contributed by atoms with Crippen LogP contribution in [0.2, 0.25) is 0 Å². The van der Waals surface area contributed by atoms with Gasteiger partial charge in [0.2, 0.25) is 5.91 Å². The summed E-state index contributed by atoms with van der Waals surface area (Å²) in [6.45, 7) is 4.74. The number of phosphoric acid groups is 1. The number of aliphatic hydroxyl groups is 1. The molecule has 0 aliphatic rings. The van der Waals surface area contributed by atoms with Gasteiger partial charge in [0.15, 0.2) is 0 Å². The zero-order valence-corrected chi connectivity index (χ0v) is 44.0. The number of hydrogen-bond acceptors (Lipinski definition) is 5. The Balaban J connectivity index is 4.14. The number of phosphoric ester groups is 1. The summed E-state index contributed by atoms with van der Waals surface area (Å²) in [6, 6.07) is -0.770. The molecule has 0 spiro atoms. The van der Waals surface area contributed by atoms with Crippen LogP contribution in [0.4, 0.5) is 0 Å². The fraction of sp³-hybridized carbons (Fsp3) is 0.702. The normalized spacial score (nSPS) is 14.8. The Kier molecular flexibility index (Phi) is 45.6. The minimum absolute atomic E-state index is 0.0681. The van der Waals surface area contributed by atoms with Gasteiger partial charge in [0.25, 0.3) is 0 Å². The maximum atomic E-state index is 12.9. The molecule has 0 saturated carbocycles. The van der Waals surface area contributed by atoms with Crippen LogP contribution in [0.3, 0.4) is 0 Å². The van der Waals surface area contributed by atoms with Crippen molar-refractivity contribution in [3.63, 3.8) is 0 Å². The van der Waals surface area contributed by atoms with E-state index in [1.807, 2.05) is 21.1 Å². The maximum absolute atomic E-state index is 12.9. The zero-order chi connectivity index (χ0) is 48.5. The molecule has 0 heterocycles. The van der Waals surface area contributed by atoms with Gasteiger partial charge in [-0.05, 0) is 77.0 Å². The number of aliphatic hydroxyl groups excluding tert-OH is 1. The first-order chi connectivity index (χ1) is 32.0. The van der Waals surface area contributed by atoms with Crippen LogP contribution < -0.4 is 5.32 Å². The Labute approximate surface area is 407 Å². The van der Waals surface area contributed by atoms with E-state index < -0.39 is 20.0 Å². The van der Waals surface area contributed by atoms with Crippen molar-refractivity contribution in [1.29, 1.82) is 0 Å². The molecule has 380 valence electrons. The Hall–Kier alpha value is -2.58. The molecule has 0 saturated heterocycles. The lowest BCUT2D eigenvalue weighted by atomic mass is 10.0. The Morgan fingerprint density at radius 3 is 1.33 bits per heavy atom. The number of nitrogens with one attached hydrogen (secondary N) is 1. The second-order valence-electron chi connectivity index (χ2n) is 18.9. The fourth-order valence-electron chi connectivity index (χ4n) is 7.18. The van der Waals surface area contributed by atoms with E-state index in [4.69, 9.17) is 9.05 Å². The standard InChI is InChI=1S/C57H101N2O6P/c1-6-8-10-12-14-16-18-19-20-21-22-23-24-25-26-27-28-29-30-31-32-33-34-35-36-37-38-39-41-43-45-47-49-51-57(61)58-55(54-65-66(62,63)64-53-52-59(3,4)5)56(60)50-48-46-44-42-40-17-15-13-11-9-7-2/h8,10,14,16,19-20,22-23,25-26,28-29,31-32,34-35,55-56,60H,6-7,9,11-13,15,17-18,21,24,27,30,33,36-54H2,1-5H3,(H-,58,61,62,63)/p+1/b10-8-,16-14-,20-19-,23-22-,26-25-,29-28-,32-31-,35-34-. The molecule has 0 radical (unpaired) electrons. The second-order valence-corrected chi connectivity index (χ2v) is 20.3. The minimum Gasteiger partial charge on any atom is -0.391 e. The van der Waals surface area contributed by atoms with Crippen LogP contribution >= 0.6 is 7.82 Å². The molecule has 66 heavy (non-hydrogen) atoms. The topological polar surface area (TPSA) is 105 Å². The number of carbonyl (C=O) groups excluding carboxylic acids is 1. The van der Waals surface area contributed by atoms with Crippen molar-refractivity contribution in [2.24, 2.45) is 0 Å². The molecule has 3 N–H and O–H groups in total. The van der Waals surface area contributed by atoms with E-state index in [1.165, 1.54) is 83.5 Å². The molecule has 0 aromatic heterocycles. The van der Waals surface area contributed by atoms with Crippen molar-refractivity contribution in [3.05, 3.63) is 97.2 Å². The summed E-state index contributed by atoms with van der Waals surface area (Å²) in [5.74, 6) is -0.159. The third-order valence-corrected chi connectivity index (χ3v) is 12.3. The predicted molar refractivity (Wildman–Crippen MR) is 286 cm³/mol. The number of unbranched alkanes of at least 4 members (excludes halogenated alkanes) is 18. The Morgan fingerprint density at radius 1 is 0.530 bits per heavy atom. The van der Waals surface area contributed by atoms with Crippen LogP contribution in [-0.2, 0) is 18.4 Å². The first-order valence-corrected chi connectivity index (χ1v) is 28.1. The molecule has 0 aliphatic carbocycles. The number of quaternary nitrogens is 1. The highest BCUT2D eigenvalue weighted by molar-refractivity contribution is 7.47. The van der Waals surface area contributed by atoms with E-state index in [-0.39, 0.29) is 19.1 Å². The van der Waals surface area contributed by atoms with Crippen LogP contribution in [0.5, 0.6) is 0 Å². The van der Waals surface area contributed by atoms with Gasteiger partial charge >= 0.3 is 7.82 Å². The van der Waals surface area contributed by atoms with Gasteiger partial charge in [-0.3, -0.25) is 13.8 Å². The molecule has 0 fully saturated rings. The molecule has 1 amide bonds. The number of allylic oxidation sites excluding steroid dienone is 16. The molecule has 0 rings (SSSR count). The summed E-state index contributed by atoms with van der Waals surface area (Å²) >= 11 is 0. The van der Waals surface area contributed by atoms with Crippen LogP contribution in [0.15, 0.2) is 97.2 Å². The maximum Gasteiger partial charge on any atom is 0.472 e. The van der Waals surface area contributed by atoms with Gasteiger partial charge in [-0.25, -0.2) is 4.57 Å². The lowest BCUT2D eigenvalue weighted by molar-refractivity contribution is -0.870. The number of rotatable bonds is 47. The second kappa shape index (κ2) is 47.5. The Morgan fingerprint density at radius 2 is 0.909 bits per heavy atom. The first-order valence-electron chi connectivity index (χ1n) is 26.6. The predicted octanol–water partition coefficient (Wildman–Crippen LogP) is 15.9. The van der Waals surface area contributed by atoms with Gasteiger partial charge in [0.05, 0.1) is 39.9 Å². The zero-order valence-electron chi connectivity index (χ0n) is 43.1. The van der Waals surface area contributed by atoms with E-state index >= 15 is 0 Å². The lowest BCUT2D eigenvalue weighted by Gasteiger charge is -2.26. The SMILES string of the molecule is CC/C=C\C/C=C\C/C=C\C/C=C\C/C=C\C/C=C\C/C=C\C/C=C\CCCCCCCCCCC(=O)NC(COP(=O)(O)OCC[N+](C)(C)C)C(O)CCCCCCCCCCCCC. The summed E-state index contributed by atoms with van der Waals surface area (Å²) in [6.07, 6.45) is 67.4. The molecular formula is C57H102N2O6P+. The van der Waals surface area contributed by atoms with Crippen molar-refractivity contribution in [2.75, 3.05) is 40.9 Å². The highest BCUT2D eigenvalue weighted by atomic mass is 31.2. The third kappa shape index (κ3) is 49.3. The van der Waals surface area contributed by atoms with Crippen LogP contribution in [0.25, 0.3) is 0 Å². The number of amides is 1. The van der Waals surface area contributed by atoms with Crippen molar-refractivity contribution in [3.8, 4) is 0 Å². The average Bonchev–Trinajstić information content (AvgIpc) is 3.28. The van der Waals surface area contributed by atoms with Crippen molar-refractivity contribution < 1.29 is 32.9 Å². The molecule has 3 unspecified atom stereocenters. The van der Waals surface area contributed by atoms with E-state index in [0.717, 1.165) is 96.3 Å². The summed E-state index contributed by atoms with van der Waals surface area (Å²) in [7, 11) is 1.60. The average molecular weight is 942 g/mol. The van der Waals surface area contributed by atoms with Gasteiger partial charge in [-0.2, -0.15) is 0 Å². The summed E-state index contributed by atoms with van der Waals surface area (Å²) in [5.41, 5.74) is 0. The number of nitrogens with zero attached hydrogens (tertiary/aromatic N) is 1. The third-order valence-electron chi connectivity index (χ3n) is 11.3. The van der Waals surface area contributed by atoms with Crippen molar-refractivity contribution >= 4 is 13.7 Å². The molecule has 0 aromatic rings. The van der Waals surface area contributed by atoms with E-state index in [9.17, 15) is 19.4 Å². The highest BCUT2D eigenvalue weighted by Gasteiger charge is 2.28. The van der Waals surface area contributed by atoms with Gasteiger partial charge in [0, 0.05) is 6.42 Å². The largest absolute Gasteiger partial charge is 0.472 e. The van der Waals surface area contributed by atoms with Crippen LogP contribution in [0.1, 0.15) is 206 Å².